The topological polar surface area (TPSA) is 96.0 Å². The molecule has 0 heterocycles. The van der Waals surface area contributed by atoms with Gasteiger partial charge in [-0.3, -0.25) is 0 Å². The summed E-state index contributed by atoms with van der Waals surface area (Å²) in [5, 5.41) is 8.81. The van der Waals surface area contributed by atoms with Gasteiger partial charge in [-0.05, 0) is 48.4 Å². The van der Waals surface area contributed by atoms with Gasteiger partial charge in [0, 0.05) is 12.2 Å². The van der Waals surface area contributed by atoms with Crippen LogP contribution in [0.5, 0.6) is 0 Å². The minimum Gasteiger partial charge on any atom is -0.399 e. The molecule has 6 heteroatoms. The van der Waals surface area contributed by atoms with E-state index in [-0.39, 0.29) is 11.4 Å². The second-order valence-corrected chi connectivity index (χ2v) is 6.40. The van der Waals surface area contributed by atoms with Crippen LogP contribution in [-0.2, 0) is 16.6 Å². The molecule has 0 atom stereocenters. The van der Waals surface area contributed by atoms with Crippen molar-refractivity contribution in [1.29, 1.82) is 5.26 Å². The van der Waals surface area contributed by atoms with E-state index >= 15 is 0 Å². The third-order valence-electron chi connectivity index (χ3n) is 3.01. The van der Waals surface area contributed by atoms with E-state index in [0.717, 1.165) is 5.56 Å². The maximum absolute atomic E-state index is 12.3. The fourth-order valence-electron chi connectivity index (χ4n) is 1.98. The molecule has 2 aromatic rings. The maximum atomic E-state index is 12.3. The molecule has 0 aliphatic rings. The Morgan fingerprint density at radius 1 is 1.24 bits per heavy atom. The highest BCUT2D eigenvalue weighted by Crippen LogP contribution is 2.17. The third kappa shape index (κ3) is 3.60. The Bertz CT molecular complexity index is 808. The number of nitrogens with zero attached hydrogens (tertiary/aromatic N) is 1. The summed E-state index contributed by atoms with van der Waals surface area (Å²) in [6.07, 6.45) is 0. The highest BCUT2D eigenvalue weighted by atomic mass is 32.2. The average Bonchev–Trinajstić information content (AvgIpc) is 2.45. The van der Waals surface area contributed by atoms with Gasteiger partial charge in [0.05, 0.1) is 16.5 Å². The maximum Gasteiger partial charge on any atom is 0.241 e. The van der Waals surface area contributed by atoms with E-state index in [4.69, 9.17) is 11.0 Å². The molecule has 0 spiro atoms. The van der Waals surface area contributed by atoms with Crippen LogP contribution in [0.25, 0.3) is 0 Å². The Morgan fingerprint density at radius 3 is 2.62 bits per heavy atom. The van der Waals surface area contributed by atoms with Crippen molar-refractivity contribution in [3.8, 4) is 6.07 Å². The lowest BCUT2D eigenvalue weighted by atomic mass is 10.2. The molecule has 0 radical (unpaired) electrons. The molecule has 0 saturated heterocycles. The number of benzene rings is 2. The van der Waals surface area contributed by atoms with Gasteiger partial charge in [0.2, 0.25) is 10.0 Å². The van der Waals surface area contributed by atoms with Crippen LogP contribution < -0.4 is 10.5 Å². The number of nitrogen functional groups attached to an aromatic ring is 1. The summed E-state index contributed by atoms with van der Waals surface area (Å²) in [5.41, 5.74) is 7.99. The van der Waals surface area contributed by atoms with Gasteiger partial charge in [-0.2, -0.15) is 5.26 Å². The molecular weight excluding hydrogens is 286 g/mol. The molecule has 2 rings (SSSR count). The largest absolute Gasteiger partial charge is 0.399 e. The van der Waals surface area contributed by atoms with Crippen molar-refractivity contribution >= 4 is 15.7 Å². The third-order valence-corrected chi connectivity index (χ3v) is 4.57. The van der Waals surface area contributed by atoms with Crippen molar-refractivity contribution in [2.24, 2.45) is 0 Å². The van der Waals surface area contributed by atoms with E-state index in [9.17, 15) is 8.42 Å². The van der Waals surface area contributed by atoms with Crippen molar-refractivity contribution < 1.29 is 8.42 Å². The van der Waals surface area contributed by atoms with Gasteiger partial charge in [0.15, 0.2) is 0 Å². The van der Waals surface area contributed by atoms with Gasteiger partial charge in [-0.15, -0.1) is 0 Å². The number of anilines is 1. The first-order chi connectivity index (χ1) is 9.92. The number of aryl methyl sites for hydroxylation is 1. The summed E-state index contributed by atoms with van der Waals surface area (Å²) >= 11 is 0. The van der Waals surface area contributed by atoms with E-state index in [2.05, 4.69) is 4.72 Å². The number of rotatable bonds is 4. The molecule has 21 heavy (non-hydrogen) atoms. The lowest BCUT2D eigenvalue weighted by Gasteiger charge is -2.10. The SMILES string of the molecule is Cc1cc(C#N)ccc1S(=O)(=O)NCc1cccc(N)c1. The Balaban J connectivity index is 2.21. The Kier molecular flexibility index (Phi) is 4.26. The predicted molar refractivity (Wildman–Crippen MR) is 80.8 cm³/mol. The first-order valence-electron chi connectivity index (χ1n) is 6.27. The van der Waals surface area contributed by atoms with Crippen molar-refractivity contribution in [3.05, 3.63) is 59.2 Å². The number of hydrogen-bond donors (Lipinski definition) is 2. The molecule has 5 nitrogen and oxygen atoms in total. The van der Waals surface area contributed by atoms with E-state index in [0.29, 0.717) is 16.8 Å². The monoisotopic (exact) mass is 301 g/mol. The van der Waals surface area contributed by atoms with Crippen LogP contribution in [0.3, 0.4) is 0 Å². The zero-order valence-corrected chi connectivity index (χ0v) is 12.3. The summed E-state index contributed by atoms with van der Waals surface area (Å²) < 4.78 is 27.1. The van der Waals surface area contributed by atoms with Crippen LogP contribution >= 0.6 is 0 Å². The molecular formula is C15H15N3O2S. The first kappa shape index (κ1) is 15.0. The number of nitriles is 1. The summed E-state index contributed by atoms with van der Waals surface area (Å²) in [4.78, 5) is 0.172. The van der Waals surface area contributed by atoms with Crippen LogP contribution in [-0.4, -0.2) is 8.42 Å². The van der Waals surface area contributed by atoms with Gasteiger partial charge >= 0.3 is 0 Å². The number of nitrogens with one attached hydrogen (secondary N) is 1. The number of hydrogen-bond acceptors (Lipinski definition) is 4. The van der Waals surface area contributed by atoms with Crippen molar-refractivity contribution in [2.75, 3.05) is 5.73 Å². The zero-order valence-electron chi connectivity index (χ0n) is 11.5. The molecule has 0 aliphatic carbocycles. The van der Waals surface area contributed by atoms with Crippen molar-refractivity contribution in [2.45, 2.75) is 18.4 Å². The Morgan fingerprint density at radius 2 is 2.00 bits per heavy atom. The van der Waals surface area contributed by atoms with E-state index in [1.54, 1.807) is 37.3 Å². The lowest BCUT2D eigenvalue weighted by Crippen LogP contribution is -2.24. The Hall–Kier alpha value is -2.36. The van der Waals surface area contributed by atoms with Crippen molar-refractivity contribution in [1.82, 2.24) is 4.72 Å². The van der Waals surface area contributed by atoms with Crippen LogP contribution in [0, 0.1) is 18.3 Å². The zero-order chi connectivity index (χ0) is 15.5. The van der Waals surface area contributed by atoms with E-state index in [1.807, 2.05) is 6.07 Å². The van der Waals surface area contributed by atoms with Crippen LogP contribution in [0.15, 0.2) is 47.4 Å². The lowest BCUT2D eigenvalue weighted by molar-refractivity contribution is 0.580. The summed E-state index contributed by atoms with van der Waals surface area (Å²) in [6.45, 7) is 1.82. The van der Waals surface area contributed by atoms with Crippen molar-refractivity contribution in [3.63, 3.8) is 0 Å². The van der Waals surface area contributed by atoms with Gasteiger partial charge in [-0.1, -0.05) is 12.1 Å². The highest BCUT2D eigenvalue weighted by Gasteiger charge is 2.16. The standard InChI is InChI=1S/C15H15N3O2S/c1-11-7-12(9-16)5-6-15(11)21(19,20)18-10-13-3-2-4-14(17)8-13/h2-8,18H,10,17H2,1H3. The molecule has 2 aromatic carbocycles. The smallest absolute Gasteiger partial charge is 0.241 e. The number of sulfonamides is 1. The molecule has 0 unspecified atom stereocenters. The second-order valence-electron chi connectivity index (χ2n) is 4.66. The van der Waals surface area contributed by atoms with Gasteiger partial charge in [0.25, 0.3) is 0 Å². The van der Waals surface area contributed by atoms with Gasteiger partial charge in [0.1, 0.15) is 0 Å². The average molecular weight is 301 g/mol. The normalized spacial score (nSPS) is 11.0. The highest BCUT2D eigenvalue weighted by molar-refractivity contribution is 7.89. The minimum atomic E-state index is -3.63. The molecule has 0 bridgehead atoms. The van der Waals surface area contributed by atoms with Gasteiger partial charge in [-0.25, -0.2) is 13.1 Å². The molecule has 0 aromatic heterocycles. The first-order valence-corrected chi connectivity index (χ1v) is 7.75. The van der Waals surface area contributed by atoms with Crippen LogP contribution in [0.1, 0.15) is 16.7 Å². The molecule has 0 fully saturated rings. The molecule has 0 saturated carbocycles. The fourth-order valence-corrected chi connectivity index (χ4v) is 3.22. The summed E-state index contributed by atoms with van der Waals surface area (Å²) in [7, 11) is -3.63. The Labute approximate surface area is 124 Å². The van der Waals surface area contributed by atoms with Crippen LogP contribution in [0.2, 0.25) is 0 Å². The fraction of sp³-hybridized carbons (Fsp3) is 0.133. The summed E-state index contributed by atoms with van der Waals surface area (Å²) in [5.74, 6) is 0. The minimum absolute atomic E-state index is 0.160. The quantitative estimate of drug-likeness (QED) is 0.843. The van der Waals surface area contributed by atoms with E-state index < -0.39 is 10.0 Å². The molecule has 0 aliphatic heterocycles. The molecule has 3 N–H and O–H groups in total. The van der Waals surface area contributed by atoms with Gasteiger partial charge < -0.3 is 5.73 Å². The molecule has 108 valence electrons. The van der Waals surface area contributed by atoms with Crippen LogP contribution in [0.4, 0.5) is 5.69 Å². The predicted octanol–water partition coefficient (Wildman–Crippen LogP) is 1.93. The summed E-state index contributed by atoms with van der Waals surface area (Å²) in [6, 6.07) is 13.5. The second kappa shape index (κ2) is 5.95. The van der Waals surface area contributed by atoms with E-state index in [1.165, 1.54) is 12.1 Å². The number of nitrogens with two attached hydrogens (primary N) is 1. The molecule has 0 amide bonds.